The fourth-order valence-corrected chi connectivity index (χ4v) is 7.00. The lowest BCUT2D eigenvalue weighted by Gasteiger charge is -2.36. The molecule has 41 heavy (non-hydrogen) atoms. The molecule has 0 bridgehead atoms. The molecule has 1 N–H and O–H groups in total. The first-order valence-electron chi connectivity index (χ1n) is 14.9. The number of rotatable bonds is 9. The molecule has 2 amide bonds. The first-order valence-corrected chi connectivity index (χ1v) is 15.8. The van der Waals surface area contributed by atoms with E-state index in [1.165, 1.54) is 0 Å². The highest BCUT2D eigenvalue weighted by atomic mass is 32.1. The van der Waals surface area contributed by atoms with Crippen LogP contribution in [0.5, 0.6) is 0 Å². The highest BCUT2D eigenvalue weighted by molar-refractivity contribution is 7.14. The monoisotopic (exact) mass is 581 g/mol. The van der Waals surface area contributed by atoms with Gasteiger partial charge in [-0.25, -0.2) is 4.98 Å². The fourth-order valence-electron chi connectivity index (χ4n) is 6.11. The van der Waals surface area contributed by atoms with Gasteiger partial charge < -0.3 is 24.8 Å². The van der Waals surface area contributed by atoms with Crippen LogP contribution in [0.4, 0.5) is 5.13 Å². The van der Waals surface area contributed by atoms with E-state index in [-0.39, 0.29) is 36.2 Å². The molecular formula is C31H43N5O4S. The van der Waals surface area contributed by atoms with Crippen LogP contribution >= 0.6 is 11.3 Å². The van der Waals surface area contributed by atoms with Crippen LogP contribution in [0.25, 0.3) is 11.3 Å². The summed E-state index contributed by atoms with van der Waals surface area (Å²) in [6.45, 7) is 12.6. The average Bonchev–Trinajstić information content (AvgIpc) is 3.70. The number of hydrogen-bond acceptors (Lipinski definition) is 8. The molecule has 0 aliphatic carbocycles. The summed E-state index contributed by atoms with van der Waals surface area (Å²) >= 11 is 1.64. The van der Waals surface area contributed by atoms with Crippen molar-refractivity contribution in [1.82, 2.24) is 20.1 Å². The lowest BCUT2D eigenvalue weighted by molar-refractivity contribution is -0.140. The van der Waals surface area contributed by atoms with E-state index in [2.05, 4.69) is 34.5 Å². The number of nitrogens with zero attached hydrogens (tertiary/aromatic N) is 4. The highest BCUT2D eigenvalue weighted by Gasteiger charge is 2.53. The standard InChI is InChI=1S/C31H43N5O4S/c1-6-8-22-17-36(25-24(37)18-40-26(22)25)29(39)27(31(3,4)7-2)33-28(38)21-11-9-20(10-12-21)23-19-41-30(32-23)35-15-13-34(5)14-16-35/h9-12,19,22,25-27H,6-8,13-18H2,1-5H3,(H,33,38)/t22-,25-,26-,27?/m1/s1. The van der Waals surface area contributed by atoms with Gasteiger partial charge >= 0.3 is 0 Å². The second-order valence-corrected chi connectivity index (χ2v) is 13.2. The summed E-state index contributed by atoms with van der Waals surface area (Å²) in [6, 6.07) is 6.08. The van der Waals surface area contributed by atoms with Crippen LogP contribution < -0.4 is 10.2 Å². The van der Waals surface area contributed by atoms with E-state index in [4.69, 9.17) is 9.72 Å². The summed E-state index contributed by atoms with van der Waals surface area (Å²) in [6.07, 6.45) is 2.30. The number of fused-ring (bicyclic) bond motifs is 1. The van der Waals surface area contributed by atoms with Crippen molar-refractivity contribution in [3.05, 3.63) is 35.2 Å². The minimum Gasteiger partial charge on any atom is -0.367 e. The predicted molar refractivity (Wildman–Crippen MR) is 161 cm³/mol. The van der Waals surface area contributed by atoms with Crippen LogP contribution in [-0.2, 0) is 14.3 Å². The molecule has 4 atom stereocenters. The lowest BCUT2D eigenvalue weighted by atomic mass is 9.80. The fraction of sp³-hybridized carbons (Fsp3) is 0.613. The number of aromatic nitrogens is 1. The number of piperazine rings is 1. The number of carbonyl (C=O) groups is 3. The maximum absolute atomic E-state index is 14.0. The molecule has 222 valence electrons. The zero-order valence-corrected chi connectivity index (χ0v) is 25.7. The van der Waals surface area contributed by atoms with Crippen LogP contribution in [0, 0.1) is 11.3 Å². The number of carbonyl (C=O) groups excluding carboxylic acids is 3. The number of anilines is 1. The topological polar surface area (TPSA) is 95.1 Å². The molecule has 3 aliphatic heterocycles. The molecule has 0 spiro atoms. The molecule has 1 unspecified atom stereocenters. The largest absolute Gasteiger partial charge is 0.367 e. The number of likely N-dealkylation sites (N-methyl/N-ethyl adjacent to an activating group) is 1. The van der Waals surface area contributed by atoms with E-state index >= 15 is 0 Å². The predicted octanol–water partition coefficient (Wildman–Crippen LogP) is 3.69. The Morgan fingerprint density at radius 1 is 1.15 bits per heavy atom. The minimum absolute atomic E-state index is 0.0465. The van der Waals surface area contributed by atoms with Gasteiger partial charge in [0.15, 0.2) is 10.9 Å². The third kappa shape index (κ3) is 6.05. The zero-order valence-electron chi connectivity index (χ0n) is 24.9. The number of hydrogen-bond donors (Lipinski definition) is 1. The molecule has 3 saturated heterocycles. The quantitative estimate of drug-likeness (QED) is 0.483. The summed E-state index contributed by atoms with van der Waals surface area (Å²) in [5.41, 5.74) is 1.82. The third-order valence-corrected chi connectivity index (χ3v) is 10.1. The average molecular weight is 582 g/mol. The van der Waals surface area contributed by atoms with Gasteiger partial charge in [0.2, 0.25) is 5.91 Å². The van der Waals surface area contributed by atoms with Crippen molar-refractivity contribution in [3.8, 4) is 11.3 Å². The van der Waals surface area contributed by atoms with E-state index in [1.54, 1.807) is 28.4 Å². The first kappa shape index (κ1) is 29.7. The summed E-state index contributed by atoms with van der Waals surface area (Å²) < 4.78 is 5.82. The van der Waals surface area contributed by atoms with Gasteiger partial charge in [-0.2, -0.15) is 0 Å². The van der Waals surface area contributed by atoms with Gasteiger partial charge in [-0.3, -0.25) is 14.4 Å². The molecule has 1 aromatic heterocycles. The molecule has 0 saturated carbocycles. The third-order valence-electron chi connectivity index (χ3n) is 9.16. The van der Waals surface area contributed by atoms with Gasteiger partial charge in [-0.15, -0.1) is 11.3 Å². The Labute approximate surface area is 247 Å². The molecule has 5 rings (SSSR count). The Balaban J connectivity index is 1.30. The van der Waals surface area contributed by atoms with Crippen LogP contribution in [-0.4, -0.2) is 96.9 Å². The van der Waals surface area contributed by atoms with Crippen LogP contribution in [0.15, 0.2) is 29.6 Å². The van der Waals surface area contributed by atoms with Crippen LogP contribution in [0.1, 0.15) is 57.3 Å². The number of nitrogens with one attached hydrogen (secondary N) is 1. The number of thiazole rings is 1. The normalized spacial score (nSPS) is 24.0. The molecule has 1 aromatic carbocycles. The Morgan fingerprint density at radius 2 is 1.85 bits per heavy atom. The summed E-state index contributed by atoms with van der Waals surface area (Å²) in [7, 11) is 2.14. The summed E-state index contributed by atoms with van der Waals surface area (Å²) in [4.78, 5) is 51.4. The van der Waals surface area contributed by atoms with E-state index in [0.29, 0.717) is 18.5 Å². The zero-order chi connectivity index (χ0) is 29.3. The van der Waals surface area contributed by atoms with Crippen molar-refractivity contribution in [2.24, 2.45) is 11.3 Å². The summed E-state index contributed by atoms with van der Waals surface area (Å²) in [5, 5.41) is 6.13. The van der Waals surface area contributed by atoms with Gasteiger partial charge in [0.05, 0.1) is 11.8 Å². The van der Waals surface area contributed by atoms with Crippen molar-refractivity contribution in [3.63, 3.8) is 0 Å². The van der Waals surface area contributed by atoms with E-state index in [1.807, 2.05) is 32.9 Å². The number of Topliss-reactive ketones (excluding diaryl/α,β-unsaturated/α-hetero) is 1. The Bertz CT molecular complexity index is 1250. The molecule has 9 nitrogen and oxygen atoms in total. The van der Waals surface area contributed by atoms with E-state index in [9.17, 15) is 14.4 Å². The maximum atomic E-state index is 14.0. The Hall–Kier alpha value is -2.82. The van der Waals surface area contributed by atoms with E-state index in [0.717, 1.165) is 55.4 Å². The molecule has 0 radical (unpaired) electrons. The molecule has 3 aliphatic rings. The SMILES string of the molecule is CCC[C@@H]1CN(C(=O)C(NC(=O)c2ccc(-c3csc(N4CCN(C)CC4)n3)cc2)C(C)(C)CC)[C@@H]2C(=O)CO[C@H]12. The first-order chi connectivity index (χ1) is 19.6. The summed E-state index contributed by atoms with van der Waals surface area (Å²) in [5.74, 6) is -0.415. The van der Waals surface area contributed by atoms with Crippen molar-refractivity contribution in [2.75, 3.05) is 51.3 Å². The van der Waals surface area contributed by atoms with Crippen molar-refractivity contribution in [2.45, 2.75) is 65.1 Å². The maximum Gasteiger partial charge on any atom is 0.251 e. The molecule has 4 heterocycles. The van der Waals surface area contributed by atoms with Gasteiger partial charge in [-0.1, -0.05) is 46.2 Å². The van der Waals surface area contributed by atoms with Gasteiger partial charge in [-0.05, 0) is 37.4 Å². The van der Waals surface area contributed by atoms with Crippen LogP contribution in [0.2, 0.25) is 0 Å². The smallest absolute Gasteiger partial charge is 0.251 e. The lowest BCUT2D eigenvalue weighted by Crippen LogP contribution is -2.57. The van der Waals surface area contributed by atoms with Gasteiger partial charge in [0.1, 0.15) is 18.7 Å². The number of amides is 2. The minimum atomic E-state index is -0.765. The van der Waals surface area contributed by atoms with Crippen molar-refractivity contribution >= 4 is 34.1 Å². The second kappa shape index (κ2) is 12.2. The van der Waals surface area contributed by atoms with Gasteiger partial charge in [0, 0.05) is 55.1 Å². The highest BCUT2D eigenvalue weighted by Crippen LogP contribution is 2.37. The van der Waals surface area contributed by atoms with Crippen molar-refractivity contribution in [1.29, 1.82) is 0 Å². The number of ketones is 1. The number of benzene rings is 1. The Morgan fingerprint density at radius 3 is 2.51 bits per heavy atom. The molecule has 3 fully saturated rings. The van der Waals surface area contributed by atoms with Crippen LogP contribution in [0.3, 0.4) is 0 Å². The second-order valence-electron chi connectivity index (χ2n) is 12.4. The molecular weight excluding hydrogens is 538 g/mol. The van der Waals surface area contributed by atoms with Gasteiger partial charge in [0.25, 0.3) is 5.91 Å². The van der Waals surface area contributed by atoms with Crippen molar-refractivity contribution < 1.29 is 19.1 Å². The molecule has 10 heteroatoms. The molecule has 2 aromatic rings. The Kier molecular flexibility index (Phi) is 8.82. The number of ether oxygens (including phenoxy) is 1. The van der Waals surface area contributed by atoms with E-state index < -0.39 is 17.5 Å². The number of likely N-dealkylation sites (tertiary alicyclic amines) is 1.